The summed E-state index contributed by atoms with van der Waals surface area (Å²) in [5.74, 6) is -0.228. The van der Waals surface area contributed by atoms with Crippen molar-refractivity contribution in [3.05, 3.63) is 84.4 Å². The first kappa shape index (κ1) is 25.9. The van der Waals surface area contributed by atoms with Crippen LogP contribution in [0.15, 0.2) is 61.5 Å². The second-order valence-corrected chi connectivity index (χ2v) is 7.47. The average Bonchev–Trinajstić information content (AvgIpc) is 3.34. The largest absolute Gasteiger partial charge is 0.504 e. The predicted molar refractivity (Wildman–Crippen MR) is 138 cm³/mol. The predicted octanol–water partition coefficient (Wildman–Crippen LogP) is 4.68. The summed E-state index contributed by atoms with van der Waals surface area (Å²) in [4.78, 5) is 29.1. The lowest BCUT2D eigenvalue weighted by Crippen LogP contribution is -2.15. The fourth-order valence-electron chi connectivity index (χ4n) is 3.32. The fraction of sp³-hybridized carbons (Fsp3) is 0.154. The van der Waals surface area contributed by atoms with Gasteiger partial charge >= 0.3 is 0 Å². The van der Waals surface area contributed by atoms with Crippen LogP contribution >= 0.6 is 0 Å². The van der Waals surface area contributed by atoms with Crippen LogP contribution in [0.4, 0.5) is 10.2 Å². The summed E-state index contributed by atoms with van der Waals surface area (Å²) in [6, 6.07) is 4.95. The number of hydrogen-bond donors (Lipinski definition) is 1. The third-order valence-electron chi connectivity index (χ3n) is 4.93. The van der Waals surface area contributed by atoms with Crippen LogP contribution in [0.5, 0.6) is 17.2 Å². The number of anilines is 1. The Morgan fingerprint density at radius 3 is 2.63 bits per heavy atom. The molecule has 11 nitrogen and oxygen atoms in total. The summed E-state index contributed by atoms with van der Waals surface area (Å²) in [5.41, 5.74) is 1.37. The molecule has 194 valence electrons. The number of allylic oxidation sites excluding steroid dienone is 1. The lowest BCUT2D eigenvalue weighted by molar-refractivity contribution is 0.101. The van der Waals surface area contributed by atoms with Crippen LogP contribution in [0.1, 0.15) is 35.6 Å². The van der Waals surface area contributed by atoms with E-state index in [9.17, 15) is 9.18 Å². The van der Waals surface area contributed by atoms with Crippen molar-refractivity contribution in [2.45, 2.75) is 13.8 Å². The van der Waals surface area contributed by atoms with Crippen molar-refractivity contribution in [2.75, 3.05) is 19.0 Å². The molecule has 1 N–H and O–H groups in total. The molecule has 0 aliphatic carbocycles. The summed E-state index contributed by atoms with van der Waals surface area (Å²) >= 11 is 0. The number of pyridine rings is 2. The van der Waals surface area contributed by atoms with Crippen LogP contribution in [0.25, 0.3) is 18.0 Å². The molecule has 0 bridgehead atoms. The van der Waals surface area contributed by atoms with Gasteiger partial charge in [-0.15, -0.1) is 0 Å². The van der Waals surface area contributed by atoms with Crippen molar-refractivity contribution < 1.29 is 23.4 Å². The van der Waals surface area contributed by atoms with Crippen LogP contribution in [0, 0.1) is 5.95 Å². The van der Waals surface area contributed by atoms with Gasteiger partial charge in [-0.25, -0.2) is 19.6 Å². The van der Waals surface area contributed by atoms with Crippen molar-refractivity contribution in [3.8, 4) is 23.1 Å². The Hall–Kier alpha value is -5.13. The first-order valence-electron chi connectivity index (χ1n) is 11.5. The highest BCUT2D eigenvalue weighted by atomic mass is 19.1. The Morgan fingerprint density at radius 1 is 1.08 bits per heavy atom. The maximum Gasteiger partial charge on any atom is 0.281 e. The van der Waals surface area contributed by atoms with Crippen molar-refractivity contribution in [1.29, 1.82) is 0 Å². The molecule has 0 aliphatic rings. The Morgan fingerprint density at radius 2 is 1.92 bits per heavy atom. The Balaban J connectivity index is 1.53. The minimum absolute atomic E-state index is 0.0677. The zero-order chi connectivity index (χ0) is 26.9. The molecule has 0 unspecified atom stereocenters. The minimum Gasteiger partial charge on any atom is -0.504 e. The number of ether oxygens (including phenoxy) is 3. The van der Waals surface area contributed by atoms with E-state index < -0.39 is 11.9 Å². The minimum atomic E-state index is -0.838. The van der Waals surface area contributed by atoms with E-state index in [-0.39, 0.29) is 29.7 Å². The third kappa shape index (κ3) is 5.98. The van der Waals surface area contributed by atoms with E-state index in [0.29, 0.717) is 17.2 Å². The van der Waals surface area contributed by atoms with E-state index in [1.165, 1.54) is 31.0 Å². The molecule has 12 heteroatoms. The molecule has 0 fully saturated rings. The van der Waals surface area contributed by atoms with Gasteiger partial charge in [0.15, 0.2) is 11.4 Å². The van der Waals surface area contributed by atoms with Crippen molar-refractivity contribution in [3.63, 3.8) is 0 Å². The van der Waals surface area contributed by atoms with Crippen molar-refractivity contribution in [1.82, 2.24) is 29.7 Å². The smallest absolute Gasteiger partial charge is 0.281 e. The number of rotatable bonds is 10. The van der Waals surface area contributed by atoms with E-state index in [1.807, 2.05) is 19.1 Å². The standard InChI is InChI=1S/C26H24FN7O4/c1-4-6-19-18(10-14-36-3)20(9-11-28-19)38-17-7-8-22(31-15-17)32-26(35)23-21(37-5-2)16-34(33-23)25-24(27)29-12-13-30-25/h4,6-16H,5H2,1-3H3,(H,31,32,35)/b6-4-,14-10+. The number of carbonyl (C=O) groups is 1. The zero-order valence-electron chi connectivity index (χ0n) is 20.8. The number of hydrogen-bond acceptors (Lipinski definition) is 9. The first-order valence-corrected chi connectivity index (χ1v) is 11.5. The molecule has 4 rings (SSSR count). The number of nitrogens with zero attached hydrogens (tertiary/aromatic N) is 6. The van der Waals surface area contributed by atoms with Gasteiger partial charge in [-0.3, -0.25) is 9.78 Å². The van der Waals surface area contributed by atoms with E-state index in [1.54, 1.807) is 44.5 Å². The van der Waals surface area contributed by atoms with Gasteiger partial charge in [-0.2, -0.15) is 9.49 Å². The monoisotopic (exact) mass is 517 g/mol. The molecule has 0 saturated carbocycles. The van der Waals surface area contributed by atoms with Gasteiger partial charge in [0.25, 0.3) is 11.9 Å². The van der Waals surface area contributed by atoms with Gasteiger partial charge in [0.05, 0.1) is 38.1 Å². The number of halogens is 1. The number of aromatic nitrogens is 6. The highest BCUT2D eigenvalue weighted by Gasteiger charge is 2.21. The highest BCUT2D eigenvalue weighted by Crippen LogP contribution is 2.29. The number of methoxy groups -OCH3 is 1. The highest BCUT2D eigenvalue weighted by molar-refractivity contribution is 6.04. The summed E-state index contributed by atoms with van der Waals surface area (Å²) in [7, 11) is 1.55. The molecular formula is C26H24FN7O4. The van der Waals surface area contributed by atoms with Crippen LogP contribution in [-0.2, 0) is 4.74 Å². The quantitative estimate of drug-likeness (QED) is 0.298. The fourth-order valence-corrected chi connectivity index (χ4v) is 3.32. The number of amides is 1. The maximum atomic E-state index is 14.1. The van der Waals surface area contributed by atoms with E-state index in [4.69, 9.17) is 14.2 Å². The van der Waals surface area contributed by atoms with Gasteiger partial charge in [0.2, 0.25) is 5.82 Å². The normalized spacial score (nSPS) is 11.2. The lowest BCUT2D eigenvalue weighted by Gasteiger charge is -2.11. The molecule has 4 heterocycles. The van der Waals surface area contributed by atoms with E-state index in [0.717, 1.165) is 10.2 Å². The van der Waals surface area contributed by atoms with Gasteiger partial charge < -0.3 is 19.5 Å². The third-order valence-corrected chi connectivity index (χ3v) is 4.93. The van der Waals surface area contributed by atoms with Gasteiger partial charge in [-0.05, 0) is 44.2 Å². The molecule has 38 heavy (non-hydrogen) atoms. The van der Waals surface area contributed by atoms with Crippen LogP contribution in [0.2, 0.25) is 0 Å². The second kappa shape index (κ2) is 12.2. The molecular weight excluding hydrogens is 493 g/mol. The van der Waals surface area contributed by atoms with Gasteiger partial charge in [0, 0.05) is 24.2 Å². The van der Waals surface area contributed by atoms with Crippen LogP contribution in [0.3, 0.4) is 0 Å². The first-order chi connectivity index (χ1) is 18.5. The van der Waals surface area contributed by atoms with Crippen LogP contribution < -0.4 is 14.8 Å². The summed E-state index contributed by atoms with van der Waals surface area (Å²) < 4.78 is 31.7. The lowest BCUT2D eigenvalue weighted by atomic mass is 10.1. The molecule has 0 atom stereocenters. The molecule has 0 saturated heterocycles. The Labute approximate surface area is 217 Å². The molecule has 0 aliphatic heterocycles. The second-order valence-electron chi connectivity index (χ2n) is 7.47. The average molecular weight is 518 g/mol. The Bertz CT molecular complexity index is 1470. The van der Waals surface area contributed by atoms with Crippen molar-refractivity contribution >= 4 is 23.9 Å². The van der Waals surface area contributed by atoms with Crippen LogP contribution in [-0.4, -0.2) is 49.3 Å². The molecule has 0 radical (unpaired) electrons. The summed E-state index contributed by atoms with van der Waals surface area (Å²) in [6.45, 7) is 3.92. The topological polar surface area (TPSA) is 126 Å². The van der Waals surface area contributed by atoms with E-state index in [2.05, 4.69) is 30.4 Å². The number of carbonyl (C=O) groups excluding carboxylic acids is 1. The molecule has 4 aromatic rings. The zero-order valence-corrected chi connectivity index (χ0v) is 20.8. The van der Waals surface area contributed by atoms with Gasteiger partial charge in [-0.1, -0.05) is 6.08 Å². The Kier molecular flexibility index (Phi) is 8.34. The van der Waals surface area contributed by atoms with Crippen molar-refractivity contribution in [2.24, 2.45) is 0 Å². The number of nitrogens with one attached hydrogen (secondary N) is 1. The summed E-state index contributed by atoms with van der Waals surface area (Å²) in [6.07, 6.45) is 14.0. The molecule has 1 amide bonds. The molecule has 0 spiro atoms. The SMILES string of the molecule is C/C=C\c1nccc(Oc2ccc(NC(=O)c3nn(-c4nccnc4F)cc3OCC)nc2)c1/C=C/OC. The van der Waals surface area contributed by atoms with E-state index >= 15 is 0 Å². The van der Waals surface area contributed by atoms with Gasteiger partial charge in [0.1, 0.15) is 17.3 Å². The molecule has 4 aromatic heterocycles. The summed E-state index contributed by atoms with van der Waals surface area (Å²) in [5, 5.41) is 6.80. The maximum absolute atomic E-state index is 14.1. The molecule has 0 aromatic carbocycles.